The van der Waals surface area contributed by atoms with Crippen LogP contribution >= 0.6 is 11.3 Å². The number of amides is 2. The summed E-state index contributed by atoms with van der Waals surface area (Å²) >= 11 is 1.42. The minimum Gasteiger partial charge on any atom is -0.494 e. The molecule has 1 aliphatic carbocycles. The van der Waals surface area contributed by atoms with Crippen LogP contribution in [0.1, 0.15) is 85.8 Å². The second-order valence-corrected chi connectivity index (χ2v) is 16.0. The topological polar surface area (TPSA) is 122 Å². The van der Waals surface area contributed by atoms with Gasteiger partial charge in [-0.1, -0.05) is 89.3 Å². The van der Waals surface area contributed by atoms with Gasteiger partial charge < -0.3 is 20.1 Å². The van der Waals surface area contributed by atoms with Gasteiger partial charge in [-0.2, -0.15) is 0 Å². The number of nitrogens with zero attached hydrogens (tertiary/aromatic N) is 3. The fourth-order valence-electron chi connectivity index (χ4n) is 6.89. The average Bonchev–Trinajstić information content (AvgIpc) is 3.84. The summed E-state index contributed by atoms with van der Waals surface area (Å²) in [5.41, 5.74) is 3.51. The van der Waals surface area contributed by atoms with E-state index in [2.05, 4.69) is 36.1 Å². The van der Waals surface area contributed by atoms with Gasteiger partial charge in [-0.3, -0.25) is 14.4 Å². The Hall–Kier alpha value is -4.57. The Kier molecular flexibility index (Phi) is 11.5. The maximum Gasteiger partial charge on any atom is 0.308 e. The number of carboxylic acid groups (broad SMARTS) is 1. The first-order valence-electron chi connectivity index (χ1n) is 18.1. The van der Waals surface area contributed by atoms with E-state index in [-0.39, 0.29) is 30.2 Å². The average molecular weight is 709 g/mol. The van der Waals surface area contributed by atoms with Crippen molar-refractivity contribution in [3.05, 3.63) is 88.4 Å². The summed E-state index contributed by atoms with van der Waals surface area (Å²) in [5, 5.41) is 12.5. The molecule has 1 saturated carbocycles. The van der Waals surface area contributed by atoms with Crippen LogP contribution in [0.15, 0.2) is 73.1 Å². The highest BCUT2D eigenvalue weighted by Gasteiger charge is 2.35. The van der Waals surface area contributed by atoms with Crippen molar-refractivity contribution >= 4 is 29.1 Å². The van der Waals surface area contributed by atoms with Crippen LogP contribution in [0.25, 0.3) is 22.5 Å². The number of hydrogen-bond donors (Lipinski definition) is 2. The number of carboxylic acids is 1. The van der Waals surface area contributed by atoms with Crippen molar-refractivity contribution in [1.29, 1.82) is 0 Å². The monoisotopic (exact) mass is 708 g/mol. The number of likely N-dealkylation sites (tertiary alicyclic amines) is 1. The van der Waals surface area contributed by atoms with Crippen LogP contribution in [0.2, 0.25) is 0 Å². The third-order valence-electron chi connectivity index (χ3n) is 10.0. The molecule has 2 atom stereocenters. The number of carbonyl (C=O) groups excluding carboxylic acids is 2. The molecule has 4 aromatic rings. The molecule has 268 valence electrons. The van der Waals surface area contributed by atoms with Gasteiger partial charge in [-0.25, -0.2) is 9.97 Å². The van der Waals surface area contributed by atoms with Crippen molar-refractivity contribution in [2.75, 3.05) is 19.7 Å². The number of thiophene rings is 1. The summed E-state index contributed by atoms with van der Waals surface area (Å²) in [4.78, 5) is 51.1. The summed E-state index contributed by atoms with van der Waals surface area (Å²) in [6.45, 7) is 7.52. The van der Waals surface area contributed by atoms with Crippen molar-refractivity contribution < 1.29 is 24.2 Å². The molecule has 10 heteroatoms. The lowest BCUT2D eigenvalue weighted by Crippen LogP contribution is -2.49. The minimum atomic E-state index is -0.909. The number of carbonyl (C=O) groups is 3. The zero-order valence-electron chi connectivity index (χ0n) is 29.8. The van der Waals surface area contributed by atoms with Crippen molar-refractivity contribution in [2.45, 2.75) is 83.6 Å². The summed E-state index contributed by atoms with van der Waals surface area (Å²) in [6.07, 6.45) is 12.1. The third-order valence-corrected chi connectivity index (χ3v) is 11.5. The normalized spacial score (nSPS) is 17.2. The van der Waals surface area contributed by atoms with Gasteiger partial charge in [-0.15, -0.1) is 11.3 Å². The molecule has 0 bridgehead atoms. The first-order valence-corrected chi connectivity index (χ1v) is 18.9. The molecule has 2 aliphatic rings. The number of aromatic nitrogens is 2. The zero-order valence-corrected chi connectivity index (χ0v) is 30.6. The number of aliphatic carboxylic acids is 1. The van der Waals surface area contributed by atoms with Gasteiger partial charge in [-0.05, 0) is 59.6 Å². The highest BCUT2D eigenvalue weighted by Crippen LogP contribution is 2.30. The van der Waals surface area contributed by atoms with Crippen molar-refractivity contribution in [2.24, 2.45) is 11.8 Å². The molecule has 2 fully saturated rings. The number of nitrogens with one attached hydrogen (secondary N) is 1. The SMILES string of the molecule is CC(C)(C)c1ccc(C(=O)NC(Cc2ccc(-c3ncc(-c4ccc(OCCC5CCCCC5)cc4)cn3)cc2)C(=O)N2CCC(C(=O)O)C2)s1. The van der Waals surface area contributed by atoms with Crippen molar-refractivity contribution in [1.82, 2.24) is 20.2 Å². The molecule has 0 spiro atoms. The van der Waals surface area contributed by atoms with Gasteiger partial charge in [0.1, 0.15) is 11.8 Å². The third kappa shape index (κ3) is 9.41. The van der Waals surface area contributed by atoms with E-state index < -0.39 is 17.9 Å². The molecule has 1 aliphatic heterocycles. The summed E-state index contributed by atoms with van der Waals surface area (Å²) < 4.78 is 6.02. The zero-order chi connectivity index (χ0) is 36.0. The number of hydrogen-bond acceptors (Lipinski definition) is 7. The smallest absolute Gasteiger partial charge is 0.308 e. The van der Waals surface area contributed by atoms with Crippen LogP contribution in [0.3, 0.4) is 0 Å². The van der Waals surface area contributed by atoms with Crippen LogP contribution in [0, 0.1) is 11.8 Å². The Morgan fingerprint density at radius 3 is 2.22 bits per heavy atom. The maximum atomic E-state index is 13.7. The molecule has 51 heavy (non-hydrogen) atoms. The van der Waals surface area contributed by atoms with Crippen LogP contribution in [-0.2, 0) is 21.4 Å². The van der Waals surface area contributed by atoms with Crippen LogP contribution < -0.4 is 10.1 Å². The van der Waals surface area contributed by atoms with E-state index in [1.54, 1.807) is 11.0 Å². The highest BCUT2D eigenvalue weighted by atomic mass is 32.1. The quantitative estimate of drug-likeness (QED) is 0.154. The molecule has 2 aromatic carbocycles. The van der Waals surface area contributed by atoms with E-state index in [1.807, 2.05) is 67.0 Å². The van der Waals surface area contributed by atoms with E-state index in [4.69, 9.17) is 4.74 Å². The lowest BCUT2D eigenvalue weighted by molar-refractivity contribution is -0.141. The first-order chi connectivity index (χ1) is 24.5. The van der Waals surface area contributed by atoms with Crippen LogP contribution in [0.5, 0.6) is 5.75 Å². The van der Waals surface area contributed by atoms with E-state index in [0.29, 0.717) is 23.7 Å². The van der Waals surface area contributed by atoms with E-state index >= 15 is 0 Å². The Morgan fingerprint density at radius 1 is 0.902 bits per heavy atom. The standard InChI is InChI=1S/C41H48N4O5S/c1-41(2,3)36-18-17-35(51-36)38(46)44-34(39(47)45-21-19-31(26-45)40(48)49)23-28-9-11-30(12-10-28)37-42-24-32(25-43-37)29-13-15-33(16-14-29)50-22-20-27-7-5-4-6-8-27/h9-18,24-25,27,31,34H,4-8,19-23,26H2,1-3H3,(H,44,46)(H,48,49). The van der Waals surface area contributed by atoms with Gasteiger partial charge >= 0.3 is 5.97 Å². The predicted molar refractivity (Wildman–Crippen MR) is 200 cm³/mol. The van der Waals surface area contributed by atoms with Crippen LogP contribution in [-0.4, -0.2) is 63.5 Å². The molecule has 0 radical (unpaired) electrons. The highest BCUT2D eigenvalue weighted by molar-refractivity contribution is 7.14. The van der Waals surface area contributed by atoms with E-state index in [9.17, 15) is 19.5 Å². The van der Waals surface area contributed by atoms with E-state index in [1.165, 1.54) is 43.4 Å². The first kappa shape index (κ1) is 36.2. The fraction of sp³-hybridized carbons (Fsp3) is 0.439. The van der Waals surface area contributed by atoms with Crippen molar-refractivity contribution in [3.63, 3.8) is 0 Å². The minimum absolute atomic E-state index is 0.0974. The van der Waals surface area contributed by atoms with Gasteiger partial charge in [0.15, 0.2) is 5.82 Å². The van der Waals surface area contributed by atoms with Gasteiger partial charge in [0.05, 0.1) is 17.4 Å². The number of rotatable bonds is 12. The fourth-order valence-corrected chi connectivity index (χ4v) is 7.86. The molecule has 9 nitrogen and oxygen atoms in total. The summed E-state index contributed by atoms with van der Waals surface area (Å²) in [5.74, 6) is 0.156. The summed E-state index contributed by atoms with van der Waals surface area (Å²) in [7, 11) is 0. The van der Waals surface area contributed by atoms with Gasteiger partial charge in [0, 0.05) is 47.9 Å². The molecular formula is C41H48N4O5S. The Balaban J connectivity index is 1.09. The number of benzene rings is 2. The molecule has 3 heterocycles. The molecular weight excluding hydrogens is 661 g/mol. The second kappa shape index (κ2) is 16.2. The maximum absolute atomic E-state index is 13.7. The molecule has 2 aromatic heterocycles. The van der Waals surface area contributed by atoms with Gasteiger partial charge in [0.2, 0.25) is 5.91 Å². The predicted octanol–water partition coefficient (Wildman–Crippen LogP) is 7.79. The summed E-state index contributed by atoms with van der Waals surface area (Å²) in [6, 6.07) is 18.6. The van der Waals surface area contributed by atoms with Crippen molar-refractivity contribution in [3.8, 4) is 28.3 Å². The van der Waals surface area contributed by atoms with Gasteiger partial charge in [0.25, 0.3) is 5.91 Å². The molecule has 2 unspecified atom stereocenters. The Labute approximate surface area is 304 Å². The second-order valence-electron chi connectivity index (χ2n) is 14.9. The Morgan fingerprint density at radius 2 is 1.59 bits per heavy atom. The largest absolute Gasteiger partial charge is 0.494 e. The molecule has 1 saturated heterocycles. The Bertz CT molecular complexity index is 1790. The van der Waals surface area contributed by atoms with E-state index in [0.717, 1.165) is 51.8 Å². The van der Waals surface area contributed by atoms with Crippen LogP contribution in [0.4, 0.5) is 0 Å². The molecule has 2 amide bonds. The molecule has 2 N–H and O–H groups in total. The number of ether oxygens (including phenoxy) is 1. The lowest BCUT2D eigenvalue weighted by Gasteiger charge is -2.24. The lowest BCUT2D eigenvalue weighted by atomic mass is 9.87. The molecule has 6 rings (SSSR count).